The first kappa shape index (κ1) is 18.2. The first-order valence-corrected chi connectivity index (χ1v) is 10.2. The maximum absolute atomic E-state index is 4.72. The minimum Gasteiger partial charge on any atom is -0.255 e. The molecule has 0 aromatic carbocycles. The van der Waals surface area contributed by atoms with E-state index in [9.17, 15) is 0 Å². The smallest absolute Gasteiger partial charge is 0.0972 e. The highest BCUT2D eigenvalue weighted by Gasteiger charge is 2.16. The Labute approximate surface area is 183 Å². The van der Waals surface area contributed by atoms with Crippen LogP contribution in [0.15, 0.2) is 97.8 Å². The van der Waals surface area contributed by atoms with Crippen molar-refractivity contribution in [3.63, 3.8) is 0 Å². The van der Waals surface area contributed by atoms with E-state index < -0.39 is 0 Å². The van der Waals surface area contributed by atoms with Crippen LogP contribution in [0.1, 0.15) is 0 Å². The molecule has 0 aliphatic carbocycles. The van der Waals surface area contributed by atoms with Gasteiger partial charge in [0.25, 0.3) is 0 Å². The van der Waals surface area contributed by atoms with Gasteiger partial charge in [-0.05, 0) is 48.5 Å². The molecule has 0 spiro atoms. The zero-order valence-electron chi connectivity index (χ0n) is 16.9. The quantitative estimate of drug-likeness (QED) is 0.389. The molecule has 0 atom stereocenters. The maximum atomic E-state index is 4.72. The second-order valence-electron chi connectivity index (χ2n) is 7.26. The summed E-state index contributed by atoms with van der Waals surface area (Å²) in [6.07, 6.45) is 10.7. The summed E-state index contributed by atoms with van der Waals surface area (Å²) in [7, 11) is 0. The third-order valence-corrected chi connectivity index (χ3v) is 5.42. The minimum atomic E-state index is 0.797. The number of fused-ring (bicyclic) bond motifs is 2. The van der Waals surface area contributed by atoms with E-state index in [2.05, 4.69) is 19.9 Å². The summed E-state index contributed by atoms with van der Waals surface area (Å²) in [5.41, 5.74) is 4.88. The van der Waals surface area contributed by atoms with Crippen molar-refractivity contribution >= 4 is 21.5 Å². The Morgan fingerprint density at radius 1 is 0.312 bits per heavy atom. The van der Waals surface area contributed by atoms with Gasteiger partial charge in [-0.1, -0.05) is 12.1 Å². The zero-order valence-corrected chi connectivity index (χ0v) is 16.9. The van der Waals surface area contributed by atoms with Crippen LogP contribution in [-0.4, -0.2) is 29.9 Å². The topological polar surface area (TPSA) is 77.3 Å². The number of aromatic nitrogens is 6. The molecule has 0 aliphatic heterocycles. The first-order valence-electron chi connectivity index (χ1n) is 10.2. The van der Waals surface area contributed by atoms with Crippen LogP contribution in [0.4, 0.5) is 0 Å². The Balaban J connectivity index is 1.61. The molecule has 6 nitrogen and oxygen atoms in total. The van der Waals surface area contributed by atoms with Gasteiger partial charge in [0.15, 0.2) is 0 Å². The predicted molar refractivity (Wildman–Crippen MR) is 125 cm³/mol. The summed E-state index contributed by atoms with van der Waals surface area (Å²) in [4.78, 5) is 27.6. The van der Waals surface area contributed by atoms with Crippen LogP contribution in [-0.2, 0) is 0 Å². The molecule has 0 radical (unpaired) electrons. The summed E-state index contributed by atoms with van der Waals surface area (Å²) >= 11 is 0. The second-order valence-corrected chi connectivity index (χ2v) is 7.26. The van der Waals surface area contributed by atoms with E-state index in [1.165, 1.54) is 0 Å². The lowest BCUT2D eigenvalue weighted by Gasteiger charge is -2.11. The van der Waals surface area contributed by atoms with Crippen LogP contribution in [0.2, 0.25) is 0 Å². The highest BCUT2D eigenvalue weighted by molar-refractivity contribution is 6.07. The lowest BCUT2D eigenvalue weighted by atomic mass is 10.0. The molecule has 6 aromatic heterocycles. The molecular weight excluding hydrogens is 396 g/mol. The molecular formula is C26H16N6. The van der Waals surface area contributed by atoms with E-state index in [0.29, 0.717) is 0 Å². The SMILES string of the molecule is c1ccc(-c2nccc3c(-c4nccc5c(-c6ccccn6)nccc45)nccc23)nc1. The lowest BCUT2D eigenvalue weighted by Crippen LogP contribution is -1.96. The number of hydrogen-bond acceptors (Lipinski definition) is 6. The summed E-state index contributed by atoms with van der Waals surface area (Å²) in [5.74, 6) is 0. The van der Waals surface area contributed by atoms with Crippen LogP contribution in [0.5, 0.6) is 0 Å². The maximum Gasteiger partial charge on any atom is 0.0972 e. The molecule has 0 amide bonds. The summed E-state index contributed by atoms with van der Waals surface area (Å²) in [6, 6.07) is 19.5. The molecule has 6 rings (SSSR count). The molecule has 32 heavy (non-hydrogen) atoms. The van der Waals surface area contributed by atoms with Gasteiger partial charge < -0.3 is 0 Å². The summed E-state index contributed by atoms with van der Waals surface area (Å²) in [5, 5.41) is 3.90. The van der Waals surface area contributed by atoms with E-state index in [1.807, 2.05) is 60.7 Å². The fourth-order valence-electron chi connectivity index (χ4n) is 4.00. The molecule has 0 N–H and O–H groups in total. The fourth-order valence-corrected chi connectivity index (χ4v) is 4.00. The van der Waals surface area contributed by atoms with Crippen molar-refractivity contribution in [1.82, 2.24) is 29.9 Å². The van der Waals surface area contributed by atoms with E-state index in [0.717, 1.165) is 55.7 Å². The van der Waals surface area contributed by atoms with Crippen LogP contribution in [0.3, 0.4) is 0 Å². The van der Waals surface area contributed by atoms with Crippen molar-refractivity contribution in [2.75, 3.05) is 0 Å². The van der Waals surface area contributed by atoms with Gasteiger partial charge in [-0.25, -0.2) is 0 Å². The number of rotatable bonds is 3. The van der Waals surface area contributed by atoms with Gasteiger partial charge >= 0.3 is 0 Å². The summed E-state index contributed by atoms with van der Waals surface area (Å²) in [6.45, 7) is 0. The van der Waals surface area contributed by atoms with Crippen molar-refractivity contribution in [3.05, 3.63) is 97.8 Å². The van der Waals surface area contributed by atoms with Crippen LogP contribution >= 0.6 is 0 Å². The van der Waals surface area contributed by atoms with E-state index in [4.69, 9.17) is 9.97 Å². The van der Waals surface area contributed by atoms with Crippen molar-refractivity contribution in [2.45, 2.75) is 0 Å². The van der Waals surface area contributed by atoms with Crippen LogP contribution < -0.4 is 0 Å². The number of nitrogens with zero attached hydrogens (tertiary/aromatic N) is 6. The molecule has 6 heterocycles. The second kappa shape index (κ2) is 7.59. The Kier molecular flexibility index (Phi) is 4.32. The Morgan fingerprint density at radius 2 is 0.688 bits per heavy atom. The molecule has 150 valence electrons. The molecule has 0 aliphatic rings. The van der Waals surface area contributed by atoms with Gasteiger partial charge in [0.05, 0.1) is 34.2 Å². The van der Waals surface area contributed by atoms with Gasteiger partial charge in [-0.2, -0.15) is 0 Å². The molecule has 0 bridgehead atoms. The monoisotopic (exact) mass is 412 g/mol. The molecule has 0 saturated heterocycles. The average molecular weight is 412 g/mol. The third-order valence-electron chi connectivity index (χ3n) is 5.42. The van der Waals surface area contributed by atoms with E-state index >= 15 is 0 Å². The average Bonchev–Trinajstić information content (AvgIpc) is 2.88. The van der Waals surface area contributed by atoms with E-state index in [-0.39, 0.29) is 0 Å². The van der Waals surface area contributed by atoms with E-state index in [1.54, 1.807) is 37.2 Å². The van der Waals surface area contributed by atoms with Crippen molar-refractivity contribution < 1.29 is 0 Å². The Morgan fingerprint density at radius 3 is 1.06 bits per heavy atom. The predicted octanol–water partition coefficient (Wildman–Crippen LogP) is 5.36. The minimum absolute atomic E-state index is 0.797. The van der Waals surface area contributed by atoms with Crippen molar-refractivity contribution in [3.8, 4) is 34.2 Å². The number of hydrogen-bond donors (Lipinski definition) is 0. The Bertz CT molecular complexity index is 1450. The van der Waals surface area contributed by atoms with Gasteiger partial charge in [-0.15, -0.1) is 0 Å². The highest BCUT2D eigenvalue weighted by Crippen LogP contribution is 2.35. The standard InChI is InChI=1S/C26H16N6/c1-3-11-27-21(5-1)23-17-7-15-31-25(19(17)9-13-29-23)26-20-10-14-30-24(18(20)8-16-32-26)22-6-2-4-12-28-22/h1-16H. The van der Waals surface area contributed by atoms with Crippen molar-refractivity contribution in [1.29, 1.82) is 0 Å². The van der Waals surface area contributed by atoms with Crippen LogP contribution in [0, 0.1) is 0 Å². The third kappa shape index (κ3) is 2.97. The molecule has 0 saturated carbocycles. The van der Waals surface area contributed by atoms with Gasteiger partial charge in [0.2, 0.25) is 0 Å². The highest BCUT2D eigenvalue weighted by atomic mass is 14.8. The summed E-state index contributed by atoms with van der Waals surface area (Å²) < 4.78 is 0. The molecule has 6 heteroatoms. The first-order chi connectivity index (χ1) is 15.9. The molecule has 6 aromatic rings. The largest absolute Gasteiger partial charge is 0.255 e. The zero-order chi connectivity index (χ0) is 21.3. The van der Waals surface area contributed by atoms with Crippen molar-refractivity contribution in [2.24, 2.45) is 0 Å². The Hall–Kier alpha value is -4.58. The normalized spacial score (nSPS) is 11.1. The van der Waals surface area contributed by atoms with Gasteiger partial charge in [0.1, 0.15) is 0 Å². The number of pyridine rings is 6. The van der Waals surface area contributed by atoms with Gasteiger partial charge in [0, 0.05) is 58.7 Å². The van der Waals surface area contributed by atoms with Crippen LogP contribution in [0.25, 0.3) is 55.7 Å². The lowest BCUT2D eigenvalue weighted by molar-refractivity contribution is 1.24. The molecule has 0 fully saturated rings. The molecule has 0 unspecified atom stereocenters. The van der Waals surface area contributed by atoms with Gasteiger partial charge in [-0.3, -0.25) is 29.9 Å². The fraction of sp³-hybridized carbons (Fsp3) is 0.